The van der Waals surface area contributed by atoms with E-state index in [-0.39, 0.29) is 18.0 Å². The number of nitrogens with one attached hydrogen (secondary N) is 2. The highest BCUT2D eigenvalue weighted by molar-refractivity contribution is 5.80. The molecule has 0 aliphatic carbocycles. The SMILES string of the molecule is Cc1cccc(CC(=O)NCc2cc3ccccc3[nH]c2=O)c1. The Morgan fingerprint density at radius 3 is 2.74 bits per heavy atom. The van der Waals surface area contributed by atoms with Crippen LogP contribution in [0.5, 0.6) is 0 Å². The molecule has 1 heterocycles. The lowest BCUT2D eigenvalue weighted by molar-refractivity contribution is -0.120. The van der Waals surface area contributed by atoms with Crippen molar-refractivity contribution >= 4 is 16.8 Å². The Balaban J connectivity index is 1.69. The number of aromatic amines is 1. The average molecular weight is 306 g/mol. The summed E-state index contributed by atoms with van der Waals surface area (Å²) in [5.74, 6) is -0.0943. The van der Waals surface area contributed by atoms with Gasteiger partial charge >= 0.3 is 0 Å². The number of hydrogen-bond donors (Lipinski definition) is 2. The fourth-order valence-corrected chi connectivity index (χ4v) is 2.59. The molecule has 0 aliphatic heterocycles. The Labute approximate surface area is 134 Å². The molecular weight excluding hydrogens is 288 g/mol. The van der Waals surface area contributed by atoms with Crippen LogP contribution < -0.4 is 10.9 Å². The summed E-state index contributed by atoms with van der Waals surface area (Å²) in [6.07, 6.45) is 0.313. The first kappa shape index (κ1) is 15.0. The molecule has 0 saturated carbocycles. The van der Waals surface area contributed by atoms with Crippen LogP contribution in [0.2, 0.25) is 0 Å². The van der Waals surface area contributed by atoms with Crippen molar-refractivity contribution in [2.24, 2.45) is 0 Å². The zero-order valence-electron chi connectivity index (χ0n) is 12.9. The summed E-state index contributed by atoms with van der Waals surface area (Å²) in [5, 5.41) is 3.77. The van der Waals surface area contributed by atoms with Crippen LogP contribution in [0.15, 0.2) is 59.4 Å². The number of benzene rings is 2. The van der Waals surface area contributed by atoms with Crippen LogP contribution in [0.4, 0.5) is 0 Å². The van der Waals surface area contributed by atoms with Gasteiger partial charge in [0, 0.05) is 17.6 Å². The number of aryl methyl sites for hydroxylation is 1. The van der Waals surface area contributed by atoms with Gasteiger partial charge in [0.15, 0.2) is 0 Å². The Hall–Kier alpha value is -2.88. The number of rotatable bonds is 4. The molecule has 0 atom stereocenters. The third-order valence-corrected chi connectivity index (χ3v) is 3.75. The van der Waals surface area contributed by atoms with Crippen LogP contribution in [0.3, 0.4) is 0 Å². The summed E-state index contributed by atoms with van der Waals surface area (Å²) in [7, 11) is 0. The summed E-state index contributed by atoms with van der Waals surface area (Å²) < 4.78 is 0. The van der Waals surface area contributed by atoms with Crippen molar-refractivity contribution in [2.75, 3.05) is 0 Å². The minimum Gasteiger partial charge on any atom is -0.352 e. The number of H-pyrrole nitrogens is 1. The highest BCUT2D eigenvalue weighted by Crippen LogP contribution is 2.10. The first-order chi connectivity index (χ1) is 11.1. The average Bonchev–Trinajstić information content (AvgIpc) is 2.53. The minimum atomic E-state index is -0.167. The maximum absolute atomic E-state index is 12.0. The van der Waals surface area contributed by atoms with E-state index in [0.29, 0.717) is 12.0 Å². The molecule has 23 heavy (non-hydrogen) atoms. The predicted octanol–water partition coefficient (Wildman–Crippen LogP) is 2.70. The van der Waals surface area contributed by atoms with Gasteiger partial charge in [-0.05, 0) is 30.0 Å². The van der Waals surface area contributed by atoms with Crippen molar-refractivity contribution < 1.29 is 4.79 Å². The maximum atomic E-state index is 12.0. The molecule has 0 unspecified atom stereocenters. The van der Waals surface area contributed by atoms with Gasteiger partial charge in [-0.1, -0.05) is 48.0 Å². The number of aromatic nitrogens is 1. The van der Waals surface area contributed by atoms with Crippen molar-refractivity contribution in [3.63, 3.8) is 0 Å². The van der Waals surface area contributed by atoms with E-state index in [1.165, 1.54) is 0 Å². The zero-order valence-corrected chi connectivity index (χ0v) is 12.9. The van der Waals surface area contributed by atoms with E-state index < -0.39 is 0 Å². The second kappa shape index (κ2) is 6.48. The molecule has 1 amide bonds. The highest BCUT2D eigenvalue weighted by atomic mass is 16.1. The van der Waals surface area contributed by atoms with Crippen molar-refractivity contribution in [3.05, 3.63) is 81.6 Å². The van der Waals surface area contributed by atoms with Crippen molar-refractivity contribution in [3.8, 4) is 0 Å². The lowest BCUT2D eigenvalue weighted by Gasteiger charge is -2.07. The maximum Gasteiger partial charge on any atom is 0.253 e. The number of fused-ring (bicyclic) bond motifs is 1. The second-order valence-corrected chi connectivity index (χ2v) is 5.65. The van der Waals surface area contributed by atoms with Crippen LogP contribution in [-0.4, -0.2) is 10.9 Å². The van der Waals surface area contributed by atoms with Gasteiger partial charge in [0.05, 0.1) is 6.42 Å². The third kappa shape index (κ3) is 3.66. The largest absolute Gasteiger partial charge is 0.352 e. The van der Waals surface area contributed by atoms with E-state index >= 15 is 0 Å². The summed E-state index contributed by atoms with van der Waals surface area (Å²) in [6, 6.07) is 17.3. The first-order valence-corrected chi connectivity index (χ1v) is 7.55. The molecule has 0 fully saturated rings. The van der Waals surface area contributed by atoms with E-state index in [2.05, 4.69) is 10.3 Å². The van der Waals surface area contributed by atoms with E-state index in [0.717, 1.165) is 22.0 Å². The Morgan fingerprint density at radius 2 is 1.91 bits per heavy atom. The number of carbonyl (C=O) groups is 1. The fourth-order valence-electron chi connectivity index (χ4n) is 2.59. The molecule has 4 nitrogen and oxygen atoms in total. The van der Waals surface area contributed by atoms with E-state index in [1.54, 1.807) is 0 Å². The summed E-state index contributed by atoms with van der Waals surface area (Å²) in [5.41, 5.74) is 3.28. The van der Waals surface area contributed by atoms with Gasteiger partial charge in [-0.25, -0.2) is 0 Å². The van der Waals surface area contributed by atoms with Gasteiger partial charge in [-0.15, -0.1) is 0 Å². The van der Waals surface area contributed by atoms with Gasteiger partial charge in [0.2, 0.25) is 5.91 Å². The minimum absolute atomic E-state index is 0.0943. The van der Waals surface area contributed by atoms with Crippen LogP contribution in [0.25, 0.3) is 10.9 Å². The van der Waals surface area contributed by atoms with E-state index in [1.807, 2.05) is 61.5 Å². The van der Waals surface area contributed by atoms with Crippen LogP contribution in [-0.2, 0) is 17.8 Å². The molecule has 1 aromatic heterocycles. The quantitative estimate of drug-likeness (QED) is 0.778. The van der Waals surface area contributed by atoms with Crippen LogP contribution >= 0.6 is 0 Å². The van der Waals surface area contributed by atoms with Crippen molar-refractivity contribution in [1.29, 1.82) is 0 Å². The van der Waals surface area contributed by atoms with Crippen molar-refractivity contribution in [2.45, 2.75) is 19.9 Å². The van der Waals surface area contributed by atoms with Crippen LogP contribution in [0.1, 0.15) is 16.7 Å². The predicted molar refractivity (Wildman–Crippen MR) is 91.3 cm³/mol. The monoisotopic (exact) mass is 306 g/mol. The smallest absolute Gasteiger partial charge is 0.253 e. The first-order valence-electron chi connectivity index (χ1n) is 7.55. The highest BCUT2D eigenvalue weighted by Gasteiger charge is 2.06. The molecule has 0 bridgehead atoms. The lowest BCUT2D eigenvalue weighted by Crippen LogP contribution is -2.28. The van der Waals surface area contributed by atoms with Gasteiger partial charge in [-0.2, -0.15) is 0 Å². The third-order valence-electron chi connectivity index (χ3n) is 3.75. The molecule has 116 valence electrons. The normalized spacial score (nSPS) is 10.7. The van der Waals surface area contributed by atoms with Gasteiger partial charge < -0.3 is 10.3 Å². The summed E-state index contributed by atoms with van der Waals surface area (Å²) in [6.45, 7) is 2.22. The molecule has 2 aromatic carbocycles. The van der Waals surface area contributed by atoms with Gasteiger partial charge in [-0.3, -0.25) is 9.59 Å². The van der Waals surface area contributed by atoms with E-state index in [4.69, 9.17) is 0 Å². The molecule has 0 radical (unpaired) electrons. The second-order valence-electron chi connectivity index (χ2n) is 5.65. The molecule has 0 aliphatic rings. The standard InChI is InChI=1S/C19H18N2O2/c1-13-5-4-6-14(9-13)10-18(22)20-12-16-11-15-7-2-3-8-17(15)21-19(16)23/h2-9,11H,10,12H2,1H3,(H,20,22)(H,21,23). The topological polar surface area (TPSA) is 62.0 Å². The Bertz CT molecular complexity index is 912. The number of hydrogen-bond acceptors (Lipinski definition) is 2. The van der Waals surface area contributed by atoms with Gasteiger partial charge in [0.1, 0.15) is 0 Å². The molecule has 3 rings (SSSR count). The molecule has 4 heteroatoms. The lowest BCUT2D eigenvalue weighted by atomic mass is 10.1. The Kier molecular flexibility index (Phi) is 4.24. The molecule has 3 aromatic rings. The zero-order chi connectivity index (χ0) is 16.2. The molecule has 0 spiro atoms. The Morgan fingerprint density at radius 1 is 1.09 bits per heavy atom. The van der Waals surface area contributed by atoms with Crippen molar-refractivity contribution in [1.82, 2.24) is 10.3 Å². The number of amides is 1. The molecule has 2 N–H and O–H groups in total. The molecule has 0 saturated heterocycles. The summed E-state index contributed by atoms with van der Waals surface area (Å²) >= 11 is 0. The molecular formula is C19H18N2O2. The number of para-hydroxylation sites is 1. The number of carbonyl (C=O) groups excluding carboxylic acids is 1. The fraction of sp³-hybridized carbons (Fsp3) is 0.158. The van der Waals surface area contributed by atoms with Gasteiger partial charge in [0.25, 0.3) is 5.56 Å². The van der Waals surface area contributed by atoms with Crippen LogP contribution in [0, 0.1) is 6.92 Å². The van der Waals surface area contributed by atoms with E-state index in [9.17, 15) is 9.59 Å². The number of pyridine rings is 1. The summed E-state index contributed by atoms with van der Waals surface area (Å²) in [4.78, 5) is 26.9.